The first-order valence-electron chi connectivity index (χ1n) is 7.74. The number of carbonyl (C=O) groups is 1. The molecule has 1 aromatic rings. The van der Waals surface area contributed by atoms with Crippen molar-refractivity contribution in [1.29, 1.82) is 0 Å². The van der Waals surface area contributed by atoms with Crippen LogP contribution in [0, 0.1) is 11.7 Å². The van der Waals surface area contributed by atoms with Gasteiger partial charge in [-0.15, -0.1) is 0 Å². The Morgan fingerprint density at radius 1 is 1.20 bits per heavy atom. The molecule has 0 N–H and O–H groups in total. The summed E-state index contributed by atoms with van der Waals surface area (Å²) < 4.78 is 14.0. The number of Topliss-reactive ketones (excluding diaryl/α,β-unsaturated/α-hetero) is 1. The molecule has 0 amide bonds. The monoisotopic (exact) mass is 275 g/mol. The Morgan fingerprint density at radius 3 is 2.75 bits per heavy atom. The second-order valence-corrected chi connectivity index (χ2v) is 6.14. The van der Waals surface area contributed by atoms with Gasteiger partial charge in [0.15, 0.2) is 5.78 Å². The van der Waals surface area contributed by atoms with E-state index in [1.165, 1.54) is 45.1 Å². The first-order valence-corrected chi connectivity index (χ1v) is 7.74. The summed E-state index contributed by atoms with van der Waals surface area (Å²) in [5.74, 6) is 0.171. The Balaban J connectivity index is 1.99. The second kappa shape index (κ2) is 5.55. The Kier molecular flexibility index (Phi) is 3.77. The summed E-state index contributed by atoms with van der Waals surface area (Å²) in [4.78, 5) is 14.1. The Labute approximate surface area is 120 Å². The second-order valence-electron chi connectivity index (χ2n) is 6.14. The largest absolute Gasteiger partial charge is 0.368 e. The Bertz CT molecular complexity index is 512. The molecule has 1 aliphatic carbocycles. The van der Waals surface area contributed by atoms with E-state index in [0.29, 0.717) is 6.04 Å². The molecule has 1 saturated heterocycles. The van der Waals surface area contributed by atoms with E-state index in [1.54, 1.807) is 6.07 Å². The zero-order valence-electron chi connectivity index (χ0n) is 12.1. The maximum Gasteiger partial charge on any atom is 0.164 e. The van der Waals surface area contributed by atoms with E-state index < -0.39 is 0 Å². The standard InChI is InChI=1S/C17H22FNO/c1-12(20)17-14(18)8-4-10-16(17)19-11-5-7-13-6-2-3-9-15(13)19/h4,8,10,13,15H,2-3,5-7,9,11H2,1H3/t13-,15-/m1/s1. The third-order valence-corrected chi connectivity index (χ3v) is 4.90. The number of piperidine rings is 1. The number of halogens is 1. The first-order chi connectivity index (χ1) is 9.68. The quantitative estimate of drug-likeness (QED) is 0.754. The van der Waals surface area contributed by atoms with Gasteiger partial charge in [0, 0.05) is 12.6 Å². The van der Waals surface area contributed by atoms with Crippen LogP contribution in [0.5, 0.6) is 0 Å². The third kappa shape index (κ3) is 2.34. The summed E-state index contributed by atoms with van der Waals surface area (Å²) in [6, 6.07) is 5.53. The molecule has 108 valence electrons. The predicted octanol–water partition coefficient (Wildman–Crippen LogP) is 4.19. The van der Waals surface area contributed by atoms with Gasteiger partial charge >= 0.3 is 0 Å². The number of ketones is 1. The minimum atomic E-state index is -0.382. The smallest absolute Gasteiger partial charge is 0.164 e. The van der Waals surface area contributed by atoms with Gasteiger partial charge in [0.1, 0.15) is 5.82 Å². The molecule has 1 heterocycles. The Hall–Kier alpha value is -1.38. The van der Waals surface area contributed by atoms with Gasteiger partial charge in [-0.3, -0.25) is 4.79 Å². The third-order valence-electron chi connectivity index (χ3n) is 4.90. The fourth-order valence-electron chi connectivity index (χ4n) is 4.02. The molecule has 0 bridgehead atoms. The van der Waals surface area contributed by atoms with Gasteiger partial charge in [-0.1, -0.05) is 18.9 Å². The summed E-state index contributed by atoms with van der Waals surface area (Å²) in [6.45, 7) is 2.41. The van der Waals surface area contributed by atoms with E-state index in [4.69, 9.17) is 0 Å². The number of anilines is 1. The van der Waals surface area contributed by atoms with E-state index in [-0.39, 0.29) is 17.2 Å². The summed E-state index contributed by atoms with van der Waals surface area (Å²) in [5, 5.41) is 0. The lowest BCUT2D eigenvalue weighted by molar-refractivity contribution is 0.101. The van der Waals surface area contributed by atoms with Crippen molar-refractivity contribution in [2.24, 2.45) is 5.92 Å². The lowest BCUT2D eigenvalue weighted by Gasteiger charge is -2.46. The van der Waals surface area contributed by atoms with Crippen molar-refractivity contribution < 1.29 is 9.18 Å². The van der Waals surface area contributed by atoms with Gasteiger partial charge in [-0.05, 0) is 50.7 Å². The van der Waals surface area contributed by atoms with Crippen molar-refractivity contribution in [3.8, 4) is 0 Å². The SMILES string of the molecule is CC(=O)c1c(F)cccc1N1CCC[C@H]2CCCC[C@H]21. The van der Waals surface area contributed by atoms with Crippen LogP contribution in [-0.4, -0.2) is 18.4 Å². The van der Waals surface area contributed by atoms with Crippen LogP contribution in [0.15, 0.2) is 18.2 Å². The highest BCUT2D eigenvalue weighted by atomic mass is 19.1. The molecule has 3 heteroatoms. The fourth-order valence-corrected chi connectivity index (χ4v) is 4.02. The minimum Gasteiger partial charge on any atom is -0.368 e. The molecule has 2 atom stereocenters. The van der Waals surface area contributed by atoms with Gasteiger partial charge in [-0.2, -0.15) is 0 Å². The molecule has 1 saturated carbocycles. The minimum absolute atomic E-state index is 0.170. The van der Waals surface area contributed by atoms with Gasteiger partial charge < -0.3 is 4.90 Å². The number of carbonyl (C=O) groups excluding carboxylic acids is 1. The topological polar surface area (TPSA) is 20.3 Å². The molecular formula is C17H22FNO. The van der Waals surface area contributed by atoms with Crippen molar-refractivity contribution in [3.63, 3.8) is 0 Å². The fraction of sp³-hybridized carbons (Fsp3) is 0.588. The van der Waals surface area contributed by atoms with E-state index in [0.717, 1.165) is 24.6 Å². The number of rotatable bonds is 2. The maximum atomic E-state index is 14.0. The van der Waals surface area contributed by atoms with Crippen molar-refractivity contribution in [1.82, 2.24) is 0 Å². The number of nitrogens with zero attached hydrogens (tertiary/aromatic N) is 1. The molecule has 2 aliphatic rings. The van der Waals surface area contributed by atoms with Crippen molar-refractivity contribution in [3.05, 3.63) is 29.6 Å². The van der Waals surface area contributed by atoms with Crippen LogP contribution in [0.4, 0.5) is 10.1 Å². The molecular weight excluding hydrogens is 253 g/mol. The maximum absolute atomic E-state index is 14.0. The average Bonchev–Trinajstić information content (AvgIpc) is 2.46. The van der Waals surface area contributed by atoms with Crippen LogP contribution >= 0.6 is 0 Å². The molecule has 2 nitrogen and oxygen atoms in total. The highest BCUT2D eigenvalue weighted by molar-refractivity contribution is 6.00. The zero-order valence-corrected chi connectivity index (χ0v) is 12.1. The number of benzene rings is 1. The summed E-state index contributed by atoms with van der Waals surface area (Å²) in [7, 11) is 0. The predicted molar refractivity (Wildman–Crippen MR) is 78.7 cm³/mol. The van der Waals surface area contributed by atoms with Crippen LogP contribution in [0.25, 0.3) is 0 Å². The van der Waals surface area contributed by atoms with Crippen LogP contribution in [0.2, 0.25) is 0 Å². The molecule has 0 spiro atoms. The van der Waals surface area contributed by atoms with E-state index >= 15 is 0 Å². The molecule has 1 aliphatic heterocycles. The summed E-state index contributed by atoms with van der Waals surface area (Å²) in [5.41, 5.74) is 1.09. The van der Waals surface area contributed by atoms with E-state index in [1.807, 2.05) is 6.07 Å². The highest BCUT2D eigenvalue weighted by Gasteiger charge is 2.34. The lowest BCUT2D eigenvalue weighted by atomic mass is 9.78. The van der Waals surface area contributed by atoms with Crippen molar-refractivity contribution in [2.75, 3.05) is 11.4 Å². The van der Waals surface area contributed by atoms with Gasteiger partial charge in [0.25, 0.3) is 0 Å². The molecule has 20 heavy (non-hydrogen) atoms. The van der Waals surface area contributed by atoms with E-state index in [9.17, 15) is 9.18 Å². The van der Waals surface area contributed by atoms with E-state index in [2.05, 4.69) is 4.90 Å². The van der Waals surface area contributed by atoms with Crippen molar-refractivity contribution >= 4 is 11.5 Å². The summed E-state index contributed by atoms with van der Waals surface area (Å²) >= 11 is 0. The molecule has 0 unspecified atom stereocenters. The lowest BCUT2D eigenvalue weighted by Crippen LogP contribution is -2.47. The number of hydrogen-bond acceptors (Lipinski definition) is 2. The number of hydrogen-bond donors (Lipinski definition) is 0. The van der Waals surface area contributed by atoms with Crippen molar-refractivity contribution in [2.45, 2.75) is 51.5 Å². The van der Waals surface area contributed by atoms with Crippen LogP contribution < -0.4 is 4.90 Å². The molecule has 0 radical (unpaired) electrons. The molecule has 3 rings (SSSR count). The van der Waals surface area contributed by atoms with Gasteiger partial charge in [0.05, 0.1) is 11.3 Å². The normalized spacial score (nSPS) is 26.2. The highest BCUT2D eigenvalue weighted by Crippen LogP contribution is 2.39. The van der Waals surface area contributed by atoms with Crippen LogP contribution in [0.3, 0.4) is 0 Å². The molecule has 2 fully saturated rings. The first kappa shape index (κ1) is 13.6. The average molecular weight is 275 g/mol. The van der Waals surface area contributed by atoms with Gasteiger partial charge in [0.2, 0.25) is 0 Å². The zero-order chi connectivity index (χ0) is 14.1. The molecule has 1 aromatic carbocycles. The summed E-state index contributed by atoms with van der Waals surface area (Å²) in [6.07, 6.45) is 7.46. The number of fused-ring (bicyclic) bond motifs is 1. The van der Waals surface area contributed by atoms with Crippen LogP contribution in [0.1, 0.15) is 55.8 Å². The molecule has 0 aromatic heterocycles. The van der Waals surface area contributed by atoms with Gasteiger partial charge in [-0.25, -0.2) is 4.39 Å². The Morgan fingerprint density at radius 2 is 1.95 bits per heavy atom. The van der Waals surface area contributed by atoms with Crippen LogP contribution in [-0.2, 0) is 0 Å².